The van der Waals surface area contributed by atoms with Gasteiger partial charge in [-0.05, 0) is 4.92 Å². The summed E-state index contributed by atoms with van der Waals surface area (Å²) in [7, 11) is 0. The van der Waals surface area contributed by atoms with E-state index in [4.69, 9.17) is 4.74 Å². The van der Waals surface area contributed by atoms with Crippen LogP contribution in [0.4, 0.5) is 19.0 Å². The molecule has 0 unspecified atom stereocenters. The number of halogens is 3. The van der Waals surface area contributed by atoms with Gasteiger partial charge < -0.3 is 24.9 Å². The van der Waals surface area contributed by atoms with Gasteiger partial charge in [-0.3, -0.25) is 4.79 Å². The Hall–Kier alpha value is -2.21. The maximum absolute atomic E-state index is 12.6. The molecule has 1 aromatic rings. The van der Waals surface area contributed by atoms with Crippen LogP contribution in [0.15, 0.2) is 0 Å². The standard InChI is InChI=1S/C11H13F3N4O5/c12-11(13,14)10-15-7(9(16-10)18(21)22)3-6(19)4-17-1-2-23-5-8(17)20/h6,19H,1-5H2,(H,15,16)/t6-/m0/s1. The van der Waals surface area contributed by atoms with Crippen molar-refractivity contribution in [3.05, 3.63) is 21.6 Å². The monoisotopic (exact) mass is 338 g/mol. The minimum absolute atomic E-state index is 0.145. The van der Waals surface area contributed by atoms with Gasteiger partial charge in [0.25, 0.3) is 0 Å². The molecule has 0 spiro atoms. The van der Waals surface area contributed by atoms with Gasteiger partial charge in [-0.1, -0.05) is 0 Å². The van der Waals surface area contributed by atoms with Crippen molar-refractivity contribution in [2.45, 2.75) is 18.7 Å². The lowest BCUT2D eigenvalue weighted by Gasteiger charge is -2.28. The molecule has 0 saturated carbocycles. The number of amides is 1. The zero-order valence-corrected chi connectivity index (χ0v) is 11.7. The van der Waals surface area contributed by atoms with Crippen molar-refractivity contribution in [3.8, 4) is 0 Å². The van der Waals surface area contributed by atoms with Crippen molar-refractivity contribution in [3.63, 3.8) is 0 Å². The number of aromatic amines is 1. The Morgan fingerprint density at radius 3 is 2.78 bits per heavy atom. The molecule has 12 heteroatoms. The van der Waals surface area contributed by atoms with Crippen molar-refractivity contribution < 1.29 is 32.7 Å². The molecule has 1 aliphatic rings. The Kier molecular flexibility index (Phi) is 4.85. The Balaban J connectivity index is 2.10. The Labute approximate surface area is 127 Å². The third-order valence-corrected chi connectivity index (χ3v) is 3.15. The molecular weight excluding hydrogens is 325 g/mol. The molecule has 0 aliphatic carbocycles. The van der Waals surface area contributed by atoms with Crippen LogP contribution in [-0.2, 0) is 22.1 Å². The van der Waals surface area contributed by atoms with Gasteiger partial charge in [0.15, 0.2) is 0 Å². The molecule has 0 aromatic carbocycles. The van der Waals surface area contributed by atoms with Gasteiger partial charge >= 0.3 is 17.8 Å². The predicted molar refractivity (Wildman–Crippen MR) is 67.4 cm³/mol. The summed E-state index contributed by atoms with van der Waals surface area (Å²) in [5, 5.41) is 20.7. The molecule has 1 atom stereocenters. The third-order valence-electron chi connectivity index (χ3n) is 3.15. The van der Waals surface area contributed by atoms with Gasteiger partial charge in [-0.2, -0.15) is 13.2 Å². The first kappa shape index (κ1) is 17.1. The average Bonchev–Trinajstić information content (AvgIpc) is 2.85. The number of nitrogens with one attached hydrogen (secondary N) is 1. The van der Waals surface area contributed by atoms with E-state index in [-0.39, 0.29) is 32.2 Å². The first-order valence-electron chi connectivity index (χ1n) is 6.52. The second-order valence-electron chi connectivity index (χ2n) is 4.89. The summed E-state index contributed by atoms with van der Waals surface area (Å²) in [5.41, 5.74) is -0.518. The van der Waals surface area contributed by atoms with Crippen LogP contribution in [0.2, 0.25) is 0 Å². The zero-order valence-electron chi connectivity index (χ0n) is 11.7. The molecule has 2 heterocycles. The summed E-state index contributed by atoms with van der Waals surface area (Å²) < 4.78 is 42.6. The van der Waals surface area contributed by atoms with E-state index in [9.17, 15) is 33.2 Å². The summed E-state index contributed by atoms with van der Waals surface area (Å²) in [4.78, 5) is 27.3. The smallest absolute Gasteiger partial charge is 0.391 e. The third kappa shape index (κ3) is 4.16. The van der Waals surface area contributed by atoms with Crippen LogP contribution in [0, 0.1) is 10.1 Å². The second-order valence-corrected chi connectivity index (χ2v) is 4.89. The fourth-order valence-corrected chi connectivity index (χ4v) is 2.11. The van der Waals surface area contributed by atoms with Gasteiger partial charge in [0.1, 0.15) is 12.3 Å². The van der Waals surface area contributed by atoms with Crippen molar-refractivity contribution >= 4 is 11.7 Å². The number of aliphatic hydroxyl groups excluding tert-OH is 1. The highest BCUT2D eigenvalue weighted by Crippen LogP contribution is 2.30. The lowest BCUT2D eigenvalue weighted by Crippen LogP contribution is -2.45. The van der Waals surface area contributed by atoms with Crippen LogP contribution in [0.3, 0.4) is 0 Å². The number of alkyl halides is 3. The van der Waals surface area contributed by atoms with E-state index in [0.29, 0.717) is 0 Å². The van der Waals surface area contributed by atoms with Crippen molar-refractivity contribution in [2.75, 3.05) is 26.3 Å². The van der Waals surface area contributed by atoms with Crippen molar-refractivity contribution in [1.29, 1.82) is 0 Å². The number of rotatable bonds is 5. The Bertz CT molecular complexity index is 603. The highest BCUT2D eigenvalue weighted by atomic mass is 19.4. The van der Waals surface area contributed by atoms with Crippen LogP contribution < -0.4 is 0 Å². The van der Waals surface area contributed by atoms with E-state index < -0.39 is 41.0 Å². The molecule has 2 N–H and O–H groups in total. The number of hydrogen-bond acceptors (Lipinski definition) is 6. The molecule has 0 radical (unpaired) electrons. The summed E-state index contributed by atoms with van der Waals surface area (Å²) in [6.45, 7) is 0.187. The number of nitrogens with zero attached hydrogens (tertiary/aromatic N) is 3. The number of morpholine rings is 1. The number of nitro groups is 1. The molecule has 1 aromatic heterocycles. The van der Waals surface area contributed by atoms with Crippen LogP contribution in [0.1, 0.15) is 11.5 Å². The number of H-pyrrole nitrogens is 1. The number of ether oxygens (including phenoxy) is 1. The minimum atomic E-state index is -4.87. The van der Waals surface area contributed by atoms with E-state index in [0.717, 1.165) is 0 Å². The lowest BCUT2D eigenvalue weighted by molar-refractivity contribution is -0.390. The zero-order chi connectivity index (χ0) is 17.2. The van der Waals surface area contributed by atoms with E-state index >= 15 is 0 Å². The van der Waals surface area contributed by atoms with Crippen LogP contribution in [0.5, 0.6) is 0 Å². The number of aromatic nitrogens is 2. The quantitative estimate of drug-likeness (QED) is 0.580. The van der Waals surface area contributed by atoms with Gasteiger partial charge in [0.05, 0.1) is 12.7 Å². The average molecular weight is 338 g/mol. The Morgan fingerprint density at radius 1 is 1.52 bits per heavy atom. The fraction of sp³-hybridized carbons (Fsp3) is 0.636. The molecule has 128 valence electrons. The van der Waals surface area contributed by atoms with Crippen LogP contribution >= 0.6 is 0 Å². The second kappa shape index (κ2) is 6.50. The topological polar surface area (TPSA) is 122 Å². The highest BCUT2D eigenvalue weighted by molar-refractivity contribution is 5.78. The van der Waals surface area contributed by atoms with E-state index in [1.165, 1.54) is 4.90 Å². The minimum Gasteiger partial charge on any atom is -0.391 e. The molecule has 1 fully saturated rings. The summed E-state index contributed by atoms with van der Waals surface area (Å²) >= 11 is 0. The van der Waals surface area contributed by atoms with Gasteiger partial charge in [-0.25, -0.2) is 9.97 Å². The molecule has 23 heavy (non-hydrogen) atoms. The molecule has 0 bridgehead atoms. The lowest BCUT2D eigenvalue weighted by atomic mass is 10.2. The number of aliphatic hydroxyl groups is 1. The van der Waals surface area contributed by atoms with Crippen molar-refractivity contribution in [2.24, 2.45) is 0 Å². The molecule has 9 nitrogen and oxygen atoms in total. The fourth-order valence-electron chi connectivity index (χ4n) is 2.11. The summed E-state index contributed by atoms with van der Waals surface area (Å²) in [6, 6.07) is 0. The normalized spacial score (nSPS) is 17.4. The van der Waals surface area contributed by atoms with E-state index in [2.05, 4.69) is 4.98 Å². The maximum Gasteiger partial charge on any atom is 0.473 e. The van der Waals surface area contributed by atoms with Gasteiger partial charge in [0, 0.05) is 19.5 Å². The SMILES string of the molecule is O=C1COCCN1C[C@@H](O)Cc1nc(C(F)(F)F)[nH]c1[N+](=O)[O-]. The van der Waals surface area contributed by atoms with Crippen molar-refractivity contribution in [1.82, 2.24) is 14.9 Å². The highest BCUT2D eigenvalue weighted by Gasteiger charge is 2.41. The molecule has 2 rings (SSSR count). The number of imidazole rings is 1. The predicted octanol–water partition coefficient (Wildman–Crippen LogP) is 0.0989. The van der Waals surface area contributed by atoms with E-state index in [1.54, 1.807) is 4.98 Å². The first-order chi connectivity index (χ1) is 10.7. The number of carbonyl (C=O) groups excluding carboxylic acids is 1. The van der Waals surface area contributed by atoms with Crippen LogP contribution in [-0.4, -0.2) is 63.2 Å². The summed E-state index contributed by atoms with van der Waals surface area (Å²) in [5.74, 6) is -2.80. The van der Waals surface area contributed by atoms with E-state index in [1.807, 2.05) is 0 Å². The maximum atomic E-state index is 12.6. The number of hydrogen-bond donors (Lipinski definition) is 2. The van der Waals surface area contributed by atoms with Gasteiger partial charge in [0.2, 0.25) is 5.91 Å². The molecule has 1 aliphatic heterocycles. The Morgan fingerprint density at radius 2 is 2.22 bits per heavy atom. The number of carbonyl (C=O) groups is 1. The van der Waals surface area contributed by atoms with Crippen LogP contribution in [0.25, 0.3) is 0 Å². The largest absolute Gasteiger partial charge is 0.473 e. The molecule has 1 saturated heterocycles. The molecule has 1 amide bonds. The number of β-amino-alcohol motifs (C(OH)–C–C–N with tert-alkyl or cyclic N) is 1. The summed E-state index contributed by atoms with van der Waals surface area (Å²) in [6.07, 6.45) is -6.65. The molecular formula is C11H13F3N4O5. The van der Waals surface area contributed by atoms with Gasteiger partial charge in [-0.15, -0.1) is 0 Å². The first-order valence-corrected chi connectivity index (χ1v) is 6.52.